The minimum Gasteiger partial charge on any atom is -0.444 e. The normalized spacial score (nSPS) is 21.9. The summed E-state index contributed by atoms with van der Waals surface area (Å²) in [5.74, 6) is 0. The minimum absolute atomic E-state index is 0.00808. The van der Waals surface area contributed by atoms with Crippen molar-refractivity contribution in [2.24, 2.45) is 5.73 Å². The molecule has 0 aromatic carbocycles. The standard InChI is InChI=1S/C13H26N2O3/c1-12(2,3)18-11(16)15-6-7-17-10(9-15)8-13(4,5)14/h10H,6-9,14H2,1-5H3. The van der Waals surface area contributed by atoms with Gasteiger partial charge in [0.15, 0.2) is 0 Å². The van der Waals surface area contributed by atoms with Gasteiger partial charge in [0, 0.05) is 12.1 Å². The molecule has 0 radical (unpaired) electrons. The molecule has 1 amide bonds. The fraction of sp³-hybridized carbons (Fsp3) is 0.923. The molecule has 106 valence electrons. The number of morpholine rings is 1. The van der Waals surface area contributed by atoms with Gasteiger partial charge < -0.3 is 20.1 Å². The van der Waals surface area contributed by atoms with E-state index in [0.29, 0.717) is 19.7 Å². The summed E-state index contributed by atoms with van der Waals surface area (Å²) in [7, 11) is 0. The molecule has 2 N–H and O–H groups in total. The third-order valence-corrected chi connectivity index (χ3v) is 2.54. The first kappa shape index (κ1) is 15.2. The third-order valence-electron chi connectivity index (χ3n) is 2.54. The second-order valence-corrected chi connectivity index (χ2v) is 6.61. The van der Waals surface area contributed by atoms with Gasteiger partial charge in [0.2, 0.25) is 0 Å². The largest absolute Gasteiger partial charge is 0.444 e. The summed E-state index contributed by atoms with van der Waals surface area (Å²) < 4.78 is 11.0. The minimum atomic E-state index is -0.460. The Labute approximate surface area is 110 Å². The maximum absolute atomic E-state index is 11.9. The first-order valence-corrected chi connectivity index (χ1v) is 6.45. The van der Waals surface area contributed by atoms with Gasteiger partial charge >= 0.3 is 6.09 Å². The van der Waals surface area contributed by atoms with Gasteiger partial charge in [-0.05, 0) is 41.0 Å². The number of amides is 1. The average Bonchev–Trinajstić information content (AvgIpc) is 2.12. The first-order chi connectivity index (χ1) is 8.07. The molecule has 1 unspecified atom stereocenters. The van der Waals surface area contributed by atoms with Crippen LogP contribution in [0, 0.1) is 0 Å². The third kappa shape index (κ3) is 5.69. The van der Waals surface area contributed by atoms with Crippen LogP contribution in [0.4, 0.5) is 4.79 Å². The van der Waals surface area contributed by atoms with Crippen LogP contribution < -0.4 is 5.73 Å². The number of rotatable bonds is 2. The smallest absolute Gasteiger partial charge is 0.410 e. The number of hydrogen-bond acceptors (Lipinski definition) is 4. The molecular weight excluding hydrogens is 232 g/mol. The summed E-state index contributed by atoms with van der Waals surface area (Å²) in [4.78, 5) is 13.6. The van der Waals surface area contributed by atoms with Crippen LogP contribution >= 0.6 is 0 Å². The fourth-order valence-corrected chi connectivity index (χ4v) is 1.92. The predicted octanol–water partition coefficient (Wildman–Crippen LogP) is 1.75. The van der Waals surface area contributed by atoms with E-state index in [4.69, 9.17) is 15.2 Å². The molecule has 1 fully saturated rings. The maximum Gasteiger partial charge on any atom is 0.410 e. The fourth-order valence-electron chi connectivity index (χ4n) is 1.92. The SMILES string of the molecule is CC(C)(N)CC1CN(C(=O)OC(C)(C)C)CCO1. The highest BCUT2D eigenvalue weighted by molar-refractivity contribution is 5.68. The van der Waals surface area contributed by atoms with Crippen molar-refractivity contribution in [3.8, 4) is 0 Å². The molecule has 1 aliphatic heterocycles. The van der Waals surface area contributed by atoms with Crippen molar-refractivity contribution in [2.75, 3.05) is 19.7 Å². The van der Waals surface area contributed by atoms with Gasteiger partial charge in [-0.3, -0.25) is 0 Å². The Kier molecular flexibility index (Phi) is 4.61. The molecule has 1 saturated heterocycles. The molecule has 0 aliphatic carbocycles. The van der Waals surface area contributed by atoms with Crippen molar-refractivity contribution in [3.05, 3.63) is 0 Å². The lowest BCUT2D eigenvalue weighted by Crippen LogP contribution is -2.50. The zero-order valence-electron chi connectivity index (χ0n) is 12.2. The summed E-state index contributed by atoms with van der Waals surface area (Å²) >= 11 is 0. The molecule has 5 nitrogen and oxygen atoms in total. The van der Waals surface area contributed by atoms with Gasteiger partial charge in [-0.25, -0.2) is 4.79 Å². The van der Waals surface area contributed by atoms with E-state index >= 15 is 0 Å². The Morgan fingerprint density at radius 2 is 2.00 bits per heavy atom. The Balaban J connectivity index is 2.51. The van der Waals surface area contributed by atoms with Crippen molar-refractivity contribution >= 4 is 6.09 Å². The highest BCUT2D eigenvalue weighted by Crippen LogP contribution is 2.17. The van der Waals surface area contributed by atoms with E-state index in [9.17, 15) is 4.79 Å². The van der Waals surface area contributed by atoms with Gasteiger partial charge in [-0.15, -0.1) is 0 Å². The quantitative estimate of drug-likeness (QED) is 0.819. The van der Waals surface area contributed by atoms with Crippen molar-refractivity contribution in [3.63, 3.8) is 0 Å². The number of ether oxygens (including phenoxy) is 2. The molecule has 1 aliphatic rings. The van der Waals surface area contributed by atoms with E-state index in [1.165, 1.54) is 0 Å². The summed E-state index contributed by atoms with van der Waals surface area (Å²) in [6.45, 7) is 11.2. The molecule has 0 aromatic rings. The highest BCUT2D eigenvalue weighted by atomic mass is 16.6. The molecule has 1 atom stereocenters. The number of carbonyl (C=O) groups is 1. The van der Waals surface area contributed by atoms with E-state index < -0.39 is 5.60 Å². The van der Waals surface area contributed by atoms with Gasteiger partial charge in [-0.2, -0.15) is 0 Å². The lowest BCUT2D eigenvalue weighted by atomic mass is 9.97. The first-order valence-electron chi connectivity index (χ1n) is 6.45. The van der Waals surface area contributed by atoms with Crippen LogP contribution in [0.1, 0.15) is 41.0 Å². The zero-order valence-corrected chi connectivity index (χ0v) is 12.2. The van der Waals surface area contributed by atoms with Gasteiger partial charge in [-0.1, -0.05) is 0 Å². The van der Waals surface area contributed by atoms with Crippen LogP contribution in [-0.2, 0) is 9.47 Å². The Bertz CT molecular complexity index is 292. The number of nitrogens with two attached hydrogens (primary N) is 1. The Hall–Kier alpha value is -0.810. The molecule has 18 heavy (non-hydrogen) atoms. The van der Waals surface area contributed by atoms with Crippen molar-refractivity contribution < 1.29 is 14.3 Å². The molecule has 1 heterocycles. The lowest BCUT2D eigenvalue weighted by Gasteiger charge is -2.36. The molecule has 1 rings (SSSR count). The summed E-state index contributed by atoms with van der Waals surface area (Å²) in [5.41, 5.74) is 5.22. The Morgan fingerprint density at radius 1 is 1.39 bits per heavy atom. The van der Waals surface area contributed by atoms with Crippen molar-refractivity contribution in [2.45, 2.75) is 58.3 Å². The van der Waals surface area contributed by atoms with Crippen LogP contribution in [-0.4, -0.2) is 47.9 Å². The summed E-state index contributed by atoms with van der Waals surface area (Å²) in [5, 5.41) is 0. The molecule has 0 bridgehead atoms. The van der Waals surface area contributed by atoms with E-state index in [2.05, 4.69) is 0 Å². The second-order valence-electron chi connectivity index (χ2n) is 6.61. The Morgan fingerprint density at radius 3 is 2.50 bits per heavy atom. The number of carbonyl (C=O) groups excluding carboxylic acids is 1. The zero-order chi connectivity index (χ0) is 14.0. The number of nitrogens with zero attached hydrogens (tertiary/aromatic N) is 1. The van der Waals surface area contributed by atoms with Crippen molar-refractivity contribution in [1.82, 2.24) is 4.90 Å². The number of hydrogen-bond donors (Lipinski definition) is 1. The van der Waals surface area contributed by atoms with Gasteiger partial charge in [0.25, 0.3) is 0 Å². The topological polar surface area (TPSA) is 64.8 Å². The molecule has 0 spiro atoms. The van der Waals surface area contributed by atoms with Crippen LogP contribution in [0.5, 0.6) is 0 Å². The van der Waals surface area contributed by atoms with Crippen LogP contribution in [0.15, 0.2) is 0 Å². The molecule has 5 heteroatoms. The van der Waals surface area contributed by atoms with Gasteiger partial charge in [0.05, 0.1) is 19.3 Å². The summed E-state index contributed by atoms with van der Waals surface area (Å²) in [6.07, 6.45) is 0.448. The molecular formula is C13H26N2O3. The predicted molar refractivity (Wildman–Crippen MR) is 70.4 cm³/mol. The van der Waals surface area contributed by atoms with Crippen LogP contribution in [0.3, 0.4) is 0 Å². The maximum atomic E-state index is 11.9. The van der Waals surface area contributed by atoms with Crippen molar-refractivity contribution in [1.29, 1.82) is 0 Å². The monoisotopic (exact) mass is 258 g/mol. The van der Waals surface area contributed by atoms with E-state index in [1.54, 1.807) is 4.90 Å². The van der Waals surface area contributed by atoms with Crippen LogP contribution in [0.25, 0.3) is 0 Å². The second kappa shape index (κ2) is 5.45. The van der Waals surface area contributed by atoms with E-state index in [0.717, 1.165) is 6.42 Å². The average molecular weight is 258 g/mol. The highest BCUT2D eigenvalue weighted by Gasteiger charge is 2.30. The molecule has 0 saturated carbocycles. The lowest BCUT2D eigenvalue weighted by molar-refractivity contribution is -0.0497. The van der Waals surface area contributed by atoms with E-state index in [1.807, 2.05) is 34.6 Å². The molecule has 0 aromatic heterocycles. The van der Waals surface area contributed by atoms with E-state index in [-0.39, 0.29) is 17.7 Å². The van der Waals surface area contributed by atoms with Gasteiger partial charge in [0.1, 0.15) is 5.60 Å². The van der Waals surface area contributed by atoms with Crippen LogP contribution in [0.2, 0.25) is 0 Å². The summed E-state index contributed by atoms with van der Waals surface area (Å²) in [6, 6.07) is 0.